The number of phenolic OH excluding ortho intramolecular Hbond substituents is 1. The molecule has 0 radical (unpaired) electrons. The summed E-state index contributed by atoms with van der Waals surface area (Å²) in [4.78, 5) is 10.4. The minimum Gasteiger partial charge on any atom is -0.506 e. The predicted molar refractivity (Wildman–Crippen MR) is 49.4 cm³/mol. The molecule has 6 N–H and O–H groups in total. The molecule has 1 aromatic carbocycles. The van der Waals surface area contributed by atoms with Gasteiger partial charge in [0, 0.05) is 0 Å². The van der Waals surface area contributed by atoms with Gasteiger partial charge in [0.2, 0.25) is 5.91 Å². The Bertz CT molecular complexity index is 288. The van der Waals surface area contributed by atoms with Gasteiger partial charge in [-0.1, -0.05) is 12.1 Å². The van der Waals surface area contributed by atoms with Crippen LogP contribution in [0.3, 0.4) is 0 Å². The number of hydrogen-bond acceptors (Lipinski definition) is 3. The molecule has 0 aliphatic rings. The Morgan fingerprint density at radius 3 is 2.62 bits per heavy atom. The van der Waals surface area contributed by atoms with Crippen LogP contribution in [0.25, 0.3) is 0 Å². The van der Waals surface area contributed by atoms with Crippen molar-refractivity contribution in [3.8, 4) is 5.75 Å². The van der Waals surface area contributed by atoms with E-state index in [1.54, 1.807) is 18.2 Å². The molecule has 72 valence electrons. The van der Waals surface area contributed by atoms with Gasteiger partial charge in [0.05, 0.1) is 12.2 Å². The van der Waals surface area contributed by atoms with Gasteiger partial charge in [0.25, 0.3) is 0 Å². The lowest BCUT2D eigenvalue weighted by Crippen LogP contribution is -2.21. The molecule has 0 unspecified atom stereocenters. The predicted octanol–water partition coefficient (Wildman–Crippen LogP) is -0.535. The molecule has 5 heteroatoms. The van der Waals surface area contributed by atoms with Gasteiger partial charge in [0.1, 0.15) is 5.75 Å². The highest BCUT2D eigenvalue weighted by Crippen LogP contribution is 2.20. The Morgan fingerprint density at radius 1 is 1.46 bits per heavy atom. The summed E-state index contributed by atoms with van der Waals surface area (Å²) in [6, 6.07) is 6.65. The molecular weight excluding hydrogens is 172 g/mol. The van der Waals surface area contributed by atoms with Gasteiger partial charge < -0.3 is 21.6 Å². The Labute approximate surface area is 75.5 Å². The van der Waals surface area contributed by atoms with E-state index in [1.165, 1.54) is 6.07 Å². The van der Waals surface area contributed by atoms with Crippen LogP contribution in [0, 0.1) is 0 Å². The summed E-state index contributed by atoms with van der Waals surface area (Å²) in [5.74, 6) is -0.350. The fraction of sp³-hybridized carbons (Fsp3) is 0.125. The average molecular weight is 184 g/mol. The van der Waals surface area contributed by atoms with Crippen molar-refractivity contribution in [2.75, 3.05) is 11.9 Å². The Morgan fingerprint density at radius 2 is 2.08 bits per heavy atom. The van der Waals surface area contributed by atoms with Crippen molar-refractivity contribution < 1.29 is 15.4 Å². The minimum atomic E-state index is -0.460. The third-order valence-corrected chi connectivity index (χ3v) is 1.36. The smallest absolute Gasteiger partial charge is 0.236 e. The lowest BCUT2D eigenvalue weighted by Gasteiger charge is -2.04. The Balaban J connectivity index is 0.00000144. The van der Waals surface area contributed by atoms with E-state index < -0.39 is 5.91 Å². The van der Waals surface area contributed by atoms with Crippen LogP contribution in [-0.4, -0.2) is 23.0 Å². The average Bonchev–Trinajstić information content (AvgIpc) is 2.03. The summed E-state index contributed by atoms with van der Waals surface area (Å²) in [6.07, 6.45) is 0. The quantitative estimate of drug-likeness (QED) is 0.549. The maximum absolute atomic E-state index is 10.4. The zero-order valence-electron chi connectivity index (χ0n) is 6.95. The zero-order chi connectivity index (χ0) is 8.97. The first-order valence-electron chi connectivity index (χ1n) is 3.50. The number of carbonyl (C=O) groups excluding carboxylic acids is 1. The van der Waals surface area contributed by atoms with Crippen LogP contribution in [0.1, 0.15) is 0 Å². The number of para-hydroxylation sites is 2. The third-order valence-electron chi connectivity index (χ3n) is 1.36. The molecule has 1 rings (SSSR count). The molecule has 0 fully saturated rings. The molecule has 0 aliphatic carbocycles. The fourth-order valence-electron chi connectivity index (χ4n) is 0.805. The number of primary amides is 1. The van der Waals surface area contributed by atoms with Crippen LogP contribution in [0.2, 0.25) is 0 Å². The van der Waals surface area contributed by atoms with Crippen molar-refractivity contribution in [3.63, 3.8) is 0 Å². The number of rotatable bonds is 3. The van der Waals surface area contributed by atoms with E-state index in [0.717, 1.165) is 0 Å². The summed E-state index contributed by atoms with van der Waals surface area (Å²) < 4.78 is 0. The van der Waals surface area contributed by atoms with Crippen LogP contribution in [0.4, 0.5) is 5.69 Å². The van der Waals surface area contributed by atoms with Crippen molar-refractivity contribution in [1.82, 2.24) is 0 Å². The standard InChI is InChI=1S/C8H10N2O2.H2O/c9-8(12)5-10-6-3-1-2-4-7(6)11;/h1-4,10-11H,5H2,(H2,9,12);1H2. The van der Waals surface area contributed by atoms with E-state index in [-0.39, 0.29) is 17.8 Å². The Kier molecular flexibility index (Phi) is 4.32. The van der Waals surface area contributed by atoms with Crippen molar-refractivity contribution in [3.05, 3.63) is 24.3 Å². The number of phenols is 1. The number of nitrogens with one attached hydrogen (secondary N) is 1. The van der Waals surface area contributed by atoms with Crippen LogP contribution < -0.4 is 11.1 Å². The van der Waals surface area contributed by atoms with Gasteiger partial charge in [-0.05, 0) is 12.1 Å². The van der Waals surface area contributed by atoms with E-state index in [0.29, 0.717) is 5.69 Å². The number of hydrogen-bond donors (Lipinski definition) is 3. The molecule has 0 saturated heterocycles. The number of carbonyl (C=O) groups is 1. The molecule has 5 nitrogen and oxygen atoms in total. The first-order valence-corrected chi connectivity index (χ1v) is 3.50. The van der Waals surface area contributed by atoms with Gasteiger partial charge >= 0.3 is 0 Å². The Hall–Kier alpha value is -1.75. The molecular formula is C8H12N2O3. The molecule has 0 heterocycles. The van der Waals surface area contributed by atoms with Gasteiger partial charge in [-0.3, -0.25) is 4.79 Å². The van der Waals surface area contributed by atoms with Gasteiger partial charge in [-0.2, -0.15) is 0 Å². The summed E-state index contributed by atoms with van der Waals surface area (Å²) in [5.41, 5.74) is 5.42. The van der Waals surface area contributed by atoms with Crippen molar-refractivity contribution in [2.24, 2.45) is 5.73 Å². The summed E-state index contributed by atoms with van der Waals surface area (Å²) in [7, 11) is 0. The molecule has 13 heavy (non-hydrogen) atoms. The molecule has 1 aromatic rings. The van der Waals surface area contributed by atoms with E-state index in [4.69, 9.17) is 5.73 Å². The van der Waals surface area contributed by atoms with Crippen LogP contribution in [0.15, 0.2) is 24.3 Å². The topological polar surface area (TPSA) is 107 Å². The number of anilines is 1. The lowest BCUT2D eigenvalue weighted by molar-refractivity contribution is -0.116. The highest BCUT2D eigenvalue weighted by atomic mass is 16.3. The van der Waals surface area contributed by atoms with E-state index in [1.807, 2.05) is 0 Å². The molecule has 0 atom stereocenters. The third kappa shape index (κ3) is 3.44. The van der Waals surface area contributed by atoms with Crippen molar-refractivity contribution >= 4 is 11.6 Å². The minimum absolute atomic E-state index is 0. The van der Waals surface area contributed by atoms with Crippen LogP contribution in [-0.2, 0) is 4.79 Å². The lowest BCUT2D eigenvalue weighted by atomic mass is 10.3. The molecule has 0 bridgehead atoms. The first kappa shape index (κ1) is 11.2. The largest absolute Gasteiger partial charge is 0.506 e. The van der Waals surface area contributed by atoms with Crippen molar-refractivity contribution in [1.29, 1.82) is 0 Å². The summed E-state index contributed by atoms with van der Waals surface area (Å²) in [6.45, 7) is 0.0254. The molecule has 0 spiro atoms. The SMILES string of the molecule is NC(=O)CNc1ccccc1O.O. The second-order valence-corrected chi connectivity index (χ2v) is 2.34. The maximum Gasteiger partial charge on any atom is 0.236 e. The maximum atomic E-state index is 10.4. The number of benzene rings is 1. The molecule has 1 amide bonds. The molecule has 0 saturated carbocycles. The number of nitrogens with two attached hydrogens (primary N) is 1. The second kappa shape index (κ2) is 5.00. The van der Waals surface area contributed by atoms with Crippen molar-refractivity contribution in [2.45, 2.75) is 0 Å². The van der Waals surface area contributed by atoms with Crippen LogP contribution in [0.5, 0.6) is 5.75 Å². The normalized spacial score (nSPS) is 8.62. The molecule has 0 aliphatic heterocycles. The number of aromatic hydroxyl groups is 1. The monoisotopic (exact) mass is 184 g/mol. The highest BCUT2D eigenvalue weighted by molar-refractivity contribution is 5.79. The van der Waals surface area contributed by atoms with Gasteiger partial charge in [-0.15, -0.1) is 0 Å². The van der Waals surface area contributed by atoms with Gasteiger partial charge in [-0.25, -0.2) is 0 Å². The fourth-order valence-corrected chi connectivity index (χ4v) is 0.805. The van der Waals surface area contributed by atoms with E-state index >= 15 is 0 Å². The second-order valence-electron chi connectivity index (χ2n) is 2.34. The highest BCUT2D eigenvalue weighted by Gasteiger charge is 1.98. The van der Waals surface area contributed by atoms with E-state index in [9.17, 15) is 9.90 Å². The van der Waals surface area contributed by atoms with Gasteiger partial charge in [0.15, 0.2) is 0 Å². The molecule has 0 aromatic heterocycles. The zero-order valence-corrected chi connectivity index (χ0v) is 6.95. The van der Waals surface area contributed by atoms with Crippen LogP contribution >= 0.6 is 0 Å². The van der Waals surface area contributed by atoms with E-state index in [2.05, 4.69) is 5.32 Å². The summed E-state index contributed by atoms with van der Waals surface area (Å²) in [5, 5.41) is 11.9. The number of amides is 1. The summed E-state index contributed by atoms with van der Waals surface area (Å²) >= 11 is 0. The first-order chi connectivity index (χ1) is 5.70.